The Bertz CT molecular complexity index is 724. The van der Waals surface area contributed by atoms with Crippen molar-refractivity contribution in [3.63, 3.8) is 0 Å². The molecule has 21 heavy (non-hydrogen) atoms. The summed E-state index contributed by atoms with van der Waals surface area (Å²) in [6.45, 7) is 2.04. The van der Waals surface area contributed by atoms with Crippen molar-refractivity contribution in [3.05, 3.63) is 71.8 Å². The van der Waals surface area contributed by atoms with Crippen molar-refractivity contribution in [2.24, 2.45) is 0 Å². The van der Waals surface area contributed by atoms with E-state index in [1.54, 1.807) is 17.1 Å². The molecule has 0 fully saturated rings. The summed E-state index contributed by atoms with van der Waals surface area (Å²) >= 11 is 0. The Morgan fingerprint density at radius 1 is 1.14 bits per heavy atom. The third kappa shape index (κ3) is 2.55. The summed E-state index contributed by atoms with van der Waals surface area (Å²) in [5, 5.41) is 18.7. The Hall–Kier alpha value is -2.53. The van der Waals surface area contributed by atoms with Crippen LogP contribution in [0.25, 0.3) is 5.69 Å². The molecule has 1 unspecified atom stereocenters. The van der Waals surface area contributed by atoms with E-state index in [2.05, 4.69) is 15.3 Å². The summed E-state index contributed by atoms with van der Waals surface area (Å²) in [4.78, 5) is 4.32. The number of aromatic nitrogens is 4. The highest BCUT2D eigenvalue weighted by atomic mass is 16.3. The first kappa shape index (κ1) is 13.5. The van der Waals surface area contributed by atoms with Gasteiger partial charge in [-0.2, -0.15) is 0 Å². The van der Waals surface area contributed by atoms with Crippen LogP contribution in [0.15, 0.2) is 54.9 Å². The molecule has 1 aromatic carbocycles. The molecule has 0 aliphatic carbocycles. The predicted octanol–water partition coefficient (Wildman–Crippen LogP) is 2.31. The summed E-state index contributed by atoms with van der Waals surface area (Å²) in [5.74, 6) is 0. The van der Waals surface area contributed by atoms with Crippen molar-refractivity contribution in [2.75, 3.05) is 0 Å². The zero-order valence-electron chi connectivity index (χ0n) is 11.7. The maximum atomic E-state index is 10.7. The Kier molecular flexibility index (Phi) is 3.75. The van der Waals surface area contributed by atoms with Crippen molar-refractivity contribution < 1.29 is 5.11 Å². The van der Waals surface area contributed by atoms with E-state index in [4.69, 9.17) is 0 Å². The van der Waals surface area contributed by atoms with Crippen LogP contribution >= 0.6 is 0 Å². The summed E-state index contributed by atoms with van der Waals surface area (Å²) < 4.78 is 1.64. The van der Waals surface area contributed by atoms with Crippen LogP contribution in [-0.4, -0.2) is 25.1 Å². The minimum atomic E-state index is -0.851. The number of hydrogen-bond acceptors (Lipinski definition) is 4. The van der Waals surface area contributed by atoms with Gasteiger partial charge in [0, 0.05) is 6.20 Å². The third-order valence-electron chi connectivity index (χ3n) is 3.42. The monoisotopic (exact) mass is 280 g/mol. The SMILES string of the molecule is CCc1cccnc1C(O)c1cnnn1-c1ccccc1. The Labute approximate surface area is 122 Å². The maximum absolute atomic E-state index is 10.7. The van der Waals surface area contributed by atoms with Crippen LogP contribution < -0.4 is 0 Å². The van der Waals surface area contributed by atoms with Crippen molar-refractivity contribution >= 4 is 0 Å². The maximum Gasteiger partial charge on any atom is 0.140 e. The van der Waals surface area contributed by atoms with E-state index in [1.165, 1.54) is 0 Å². The quantitative estimate of drug-likeness (QED) is 0.796. The fourth-order valence-corrected chi connectivity index (χ4v) is 2.34. The molecule has 0 aliphatic heterocycles. The van der Waals surface area contributed by atoms with Crippen LogP contribution in [0.2, 0.25) is 0 Å². The highest BCUT2D eigenvalue weighted by Crippen LogP contribution is 2.24. The number of nitrogens with zero attached hydrogens (tertiary/aromatic N) is 4. The minimum absolute atomic E-state index is 0.606. The first-order chi connectivity index (χ1) is 10.3. The molecule has 3 rings (SSSR count). The highest BCUT2D eigenvalue weighted by molar-refractivity contribution is 5.34. The summed E-state index contributed by atoms with van der Waals surface area (Å²) in [7, 11) is 0. The summed E-state index contributed by atoms with van der Waals surface area (Å²) in [6, 6.07) is 13.5. The van der Waals surface area contributed by atoms with Crippen LogP contribution in [0.4, 0.5) is 0 Å². The van der Waals surface area contributed by atoms with Crippen molar-refractivity contribution in [3.8, 4) is 5.69 Å². The smallest absolute Gasteiger partial charge is 0.140 e. The van der Waals surface area contributed by atoms with Gasteiger partial charge < -0.3 is 5.11 Å². The van der Waals surface area contributed by atoms with Crippen LogP contribution in [0.5, 0.6) is 0 Å². The zero-order valence-corrected chi connectivity index (χ0v) is 11.7. The molecule has 5 nitrogen and oxygen atoms in total. The lowest BCUT2D eigenvalue weighted by Gasteiger charge is -2.14. The van der Waals surface area contributed by atoms with Crippen LogP contribution in [-0.2, 0) is 6.42 Å². The van der Waals surface area contributed by atoms with Gasteiger partial charge in [0.2, 0.25) is 0 Å². The first-order valence-corrected chi connectivity index (χ1v) is 6.89. The fraction of sp³-hybridized carbons (Fsp3) is 0.188. The molecule has 2 aromatic heterocycles. The van der Waals surface area contributed by atoms with Gasteiger partial charge in [-0.3, -0.25) is 4.98 Å². The van der Waals surface area contributed by atoms with E-state index >= 15 is 0 Å². The number of aryl methyl sites for hydroxylation is 1. The predicted molar refractivity (Wildman–Crippen MR) is 79.0 cm³/mol. The number of benzene rings is 1. The van der Waals surface area contributed by atoms with Gasteiger partial charge in [-0.05, 0) is 30.2 Å². The number of aliphatic hydroxyl groups excluding tert-OH is 1. The topological polar surface area (TPSA) is 63.8 Å². The van der Waals surface area contributed by atoms with Gasteiger partial charge in [0.05, 0.1) is 23.3 Å². The molecule has 0 saturated heterocycles. The molecule has 1 atom stereocenters. The van der Waals surface area contributed by atoms with E-state index < -0.39 is 6.10 Å². The lowest BCUT2D eigenvalue weighted by atomic mass is 10.0. The van der Waals surface area contributed by atoms with Gasteiger partial charge in [-0.1, -0.05) is 36.4 Å². The van der Waals surface area contributed by atoms with Gasteiger partial charge in [-0.25, -0.2) is 4.68 Å². The van der Waals surface area contributed by atoms with E-state index in [0.29, 0.717) is 11.4 Å². The molecule has 106 valence electrons. The second kappa shape index (κ2) is 5.85. The van der Waals surface area contributed by atoms with Crippen LogP contribution in [0.3, 0.4) is 0 Å². The Balaban J connectivity index is 2.04. The molecule has 2 heterocycles. The van der Waals surface area contributed by atoms with Gasteiger partial charge in [0.1, 0.15) is 6.10 Å². The molecule has 0 amide bonds. The molecule has 0 spiro atoms. The fourth-order valence-electron chi connectivity index (χ4n) is 2.34. The average molecular weight is 280 g/mol. The van der Waals surface area contributed by atoms with Crippen molar-refractivity contribution in [1.82, 2.24) is 20.0 Å². The lowest BCUT2D eigenvalue weighted by Crippen LogP contribution is -2.11. The lowest BCUT2D eigenvalue weighted by molar-refractivity contribution is 0.206. The molecular weight excluding hydrogens is 264 g/mol. The number of para-hydroxylation sites is 1. The molecule has 1 N–H and O–H groups in total. The normalized spacial score (nSPS) is 12.3. The van der Waals surface area contributed by atoms with Crippen LogP contribution in [0, 0.1) is 0 Å². The van der Waals surface area contributed by atoms with Crippen molar-refractivity contribution in [2.45, 2.75) is 19.4 Å². The minimum Gasteiger partial charge on any atom is -0.380 e. The second-order valence-electron chi connectivity index (χ2n) is 4.71. The van der Waals surface area contributed by atoms with E-state index in [1.807, 2.05) is 49.4 Å². The van der Waals surface area contributed by atoms with E-state index in [9.17, 15) is 5.11 Å². The number of rotatable bonds is 4. The van der Waals surface area contributed by atoms with E-state index in [-0.39, 0.29) is 0 Å². The molecule has 3 aromatic rings. The number of hydrogen-bond donors (Lipinski definition) is 1. The number of aliphatic hydroxyl groups is 1. The van der Waals surface area contributed by atoms with Gasteiger partial charge in [-0.15, -0.1) is 5.10 Å². The first-order valence-electron chi connectivity index (χ1n) is 6.89. The molecular formula is C16H16N4O. The Morgan fingerprint density at radius 2 is 1.95 bits per heavy atom. The van der Waals surface area contributed by atoms with Gasteiger partial charge in [0.25, 0.3) is 0 Å². The molecule has 0 saturated carbocycles. The van der Waals surface area contributed by atoms with Crippen LogP contribution in [0.1, 0.15) is 30.0 Å². The number of pyridine rings is 1. The van der Waals surface area contributed by atoms with Gasteiger partial charge in [0.15, 0.2) is 0 Å². The molecule has 0 bridgehead atoms. The standard InChI is InChI=1S/C16H16N4O/c1-2-12-7-6-10-17-15(12)16(21)14-11-18-19-20(14)13-8-4-3-5-9-13/h3-11,16,21H,2H2,1H3. The third-order valence-corrected chi connectivity index (χ3v) is 3.42. The zero-order chi connectivity index (χ0) is 14.7. The summed E-state index contributed by atoms with van der Waals surface area (Å²) in [5.41, 5.74) is 3.14. The Morgan fingerprint density at radius 3 is 2.71 bits per heavy atom. The largest absolute Gasteiger partial charge is 0.380 e. The second-order valence-corrected chi connectivity index (χ2v) is 4.71. The molecule has 0 aliphatic rings. The average Bonchev–Trinajstić information content (AvgIpc) is 3.04. The summed E-state index contributed by atoms with van der Waals surface area (Å²) in [6.07, 6.45) is 3.23. The van der Waals surface area contributed by atoms with Crippen molar-refractivity contribution in [1.29, 1.82) is 0 Å². The molecule has 0 radical (unpaired) electrons. The van der Waals surface area contributed by atoms with Gasteiger partial charge >= 0.3 is 0 Å². The highest BCUT2D eigenvalue weighted by Gasteiger charge is 2.20. The molecule has 5 heteroatoms. The van der Waals surface area contributed by atoms with E-state index in [0.717, 1.165) is 17.7 Å².